The highest BCUT2D eigenvalue weighted by molar-refractivity contribution is 6.37. The van der Waals surface area contributed by atoms with E-state index in [2.05, 4.69) is 0 Å². The molecule has 5 nitrogen and oxygen atoms in total. The summed E-state index contributed by atoms with van der Waals surface area (Å²) in [5.74, 6) is -1.17. The van der Waals surface area contributed by atoms with E-state index in [4.69, 9.17) is 16.7 Å². The molecule has 2 aromatic carbocycles. The number of hydrogen-bond donors (Lipinski definition) is 1. The van der Waals surface area contributed by atoms with Crippen molar-refractivity contribution in [2.45, 2.75) is 0 Å². The molecule has 0 heterocycles. The Morgan fingerprint density at radius 1 is 1.29 bits per heavy atom. The number of nitrogens with zero attached hydrogens (tertiary/aromatic N) is 1. The number of aromatic carboxylic acids is 1. The molecular weight excluding hydrogens is 246 g/mol. The quantitative estimate of drug-likeness (QED) is 0.657. The fourth-order valence-electron chi connectivity index (χ4n) is 1.69. The molecule has 6 heteroatoms. The largest absolute Gasteiger partial charge is 0.478 e. The summed E-state index contributed by atoms with van der Waals surface area (Å²) in [4.78, 5) is 21.3. The van der Waals surface area contributed by atoms with E-state index in [0.717, 1.165) is 0 Å². The third kappa shape index (κ3) is 1.81. The SMILES string of the molecule is O=C(O)c1cccc2c([N+](=O)[O-])ccc(Cl)c12. The topological polar surface area (TPSA) is 80.4 Å². The summed E-state index contributed by atoms with van der Waals surface area (Å²) in [5, 5.41) is 20.4. The van der Waals surface area contributed by atoms with Crippen LogP contribution in [0.2, 0.25) is 5.02 Å². The van der Waals surface area contributed by atoms with E-state index in [1.807, 2.05) is 0 Å². The van der Waals surface area contributed by atoms with Crippen LogP contribution in [0.1, 0.15) is 10.4 Å². The van der Waals surface area contributed by atoms with E-state index in [9.17, 15) is 14.9 Å². The number of halogens is 1. The molecule has 2 rings (SSSR count). The van der Waals surface area contributed by atoms with Crippen molar-refractivity contribution in [1.29, 1.82) is 0 Å². The van der Waals surface area contributed by atoms with E-state index >= 15 is 0 Å². The van der Waals surface area contributed by atoms with Gasteiger partial charge in [0.25, 0.3) is 5.69 Å². The van der Waals surface area contributed by atoms with Crippen LogP contribution in [0.3, 0.4) is 0 Å². The van der Waals surface area contributed by atoms with E-state index in [-0.39, 0.29) is 27.0 Å². The molecule has 0 unspecified atom stereocenters. The van der Waals surface area contributed by atoms with Gasteiger partial charge in [0.1, 0.15) is 0 Å². The number of nitro groups is 1. The standard InChI is InChI=1S/C11H6ClNO4/c12-8-4-5-9(13(16)17)6-2-1-3-7(10(6)8)11(14)15/h1-5H,(H,14,15). The van der Waals surface area contributed by atoms with Crippen LogP contribution >= 0.6 is 11.6 Å². The van der Waals surface area contributed by atoms with Gasteiger partial charge in [-0.2, -0.15) is 0 Å². The molecule has 1 N–H and O–H groups in total. The third-order valence-electron chi connectivity index (χ3n) is 2.39. The summed E-state index contributed by atoms with van der Waals surface area (Å²) in [7, 11) is 0. The highest BCUT2D eigenvalue weighted by atomic mass is 35.5. The van der Waals surface area contributed by atoms with Crippen molar-refractivity contribution >= 4 is 34.0 Å². The number of rotatable bonds is 2. The van der Waals surface area contributed by atoms with Gasteiger partial charge in [0.15, 0.2) is 0 Å². The molecule has 0 bridgehead atoms. The number of carbonyl (C=O) groups is 1. The van der Waals surface area contributed by atoms with Crippen LogP contribution in [0.15, 0.2) is 30.3 Å². The van der Waals surface area contributed by atoms with Gasteiger partial charge in [-0.1, -0.05) is 17.7 Å². The minimum absolute atomic E-state index is 0.0452. The van der Waals surface area contributed by atoms with Gasteiger partial charge in [-0.05, 0) is 18.2 Å². The highest BCUT2D eigenvalue weighted by Crippen LogP contribution is 2.33. The molecule has 0 aliphatic carbocycles. The maximum atomic E-state index is 11.0. The molecular formula is C11H6ClNO4. The second-order valence-electron chi connectivity index (χ2n) is 3.36. The van der Waals surface area contributed by atoms with Crippen LogP contribution in [0.25, 0.3) is 10.8 Å². The van der Waals surface area contributed by atoms with Gasteiger partial charge in [0, 0.05) is 16.5 Å². The Bertz CT molecular complexity index is 639. The van der Waals surface area contributed by atoms with Crippen molar-refractivity contribution in [2.24, 2.45) is 0 Å². The normalized spacial score (nSPS) is 10.4. The maximum Gasteiger partial charge on any atom is 0.336 e. The Labute approximate surface area is 100 Å². The monoisotopic (exact) mass is 251 g/mol. The number of nitro benzene ring substituents is 1. The highest BCUT2D eigenvalue weighted by Gasteiger charge is 2.18. The van der Waals surface area contributed by atoms with Gasteiger partial charge >= 0.3 is 5.97 Å². The zero-order chi connectivity index (χ0) is 12.6. The smallest absolute Gasteiger partial charge is 0.336 e. The lowest BCUT2D eigenvalue weighted by Gasteiger charge is -2.05. The predicted molar refractivity (Wildman–Crippen MR) is 62.6 cm³/mol. The van der Waals surface area contributed by atoms with Gasteiger partial charge in [-0.25, -0.2) is 4.79 Å². The Morgan fingerprint density at radius 2 is 2.00 bits per heavy atom. The molecule has 0 aliphatic heterocycles. The number of benzene rings is 2. The Morgan fingerprint density at radius 3 is 2.59 bits per heavy atom. The van der Waals surface area contributed by atoms with E-state index in [0.29, 0.717) is 0 Å². The molecule has 17 heavy (non-hydrogen) atoms. The number of carboxylic acid groups (broad SMARTS) is 1. The number of carboxylic acids is 1. The van der Waals surface area contributed by atoms with Gasteiger partial charge in [-0.3, -0.25) is 10.1 Å². The van der Waals surface area contributed by atoms with Crippen molar-refractivity contribution < 1.29 is 14.8 Å². The summed E-state index contributed by atoms with van der Waals surface area (Å²) in [6, 6.07) is 6.88. The fourth-order valence-corrected chi connectivity index (χ4v) is 1.95. The molecule has 0 fully saturated rings. The molecule has 86 valence electrons. The lowest BCUT2D eigenvalue weighted by molar-refractivity contribution is -0.383. The first-order valence-corrected chi connectivity index (χ1v) is 4.99. The lowest BCUT2D eigenvalue weighted by atomic mass is 10.0. The molecule has 0 aliphatic rings. The first-order valence-electron chi connectivity index (χ1n) is 4.61. The predicted octanol–water partition coefficient (Wildman–Crippen LogP) is 3.10. The first kappa shape index (κ1) is 11.3. The minimum Gasteiger partial charge on any atom is -0.478 e. The van der Waals surface area contributed by atoms with Crippen molar-refractivity contribution in [2.75, 3.05) is 0 Å². The van der Waals surface area contributed by atoms with Crippen LogP contribution in [0, 0.1) is 10.1 Å². The van der Waals surface area contributed by atoms with Gasteiger partial charge in [-0.15, -0.1) is 0 Å². The van der Waals surface area contributed by atoms with Crippen LogP contribution in [-0.2, 0) is 0 Å². The van der Waals surface area contributed by atoms with Crippen LogP contribution in [-0.4, -0.2) is 16.0 Å². The second-order valence-corrected chi connectivity index (χ2v) is 3.76. The van der Waals surface area contributed by atoms with Crippen molar-refractivity contribution in [1.82, 2.24) is 0 Å². The maximum absolute atomic E-state index is 11.0. The van der Waals surface area contributed by atoms with E-state index in [1.54, 1.807) is 0 Å². The molecule has 0 spiro atoms. The van der Waals surface area contributed by atoms with E-state index < -0.39 is 10.9 Å². The summed E-state index contributed by atoms with van der Waals surface area (Å²) in [6.07, 6.45) is 0. The minimum atomic E-state index is -1.17. The van der Waals surface area contributed by atoms with Gasteiger partial charge in [0.2, 0.25) is 0 Å². The van der Waals surface area contributed by atoms with Crippen molar-refractivity contribution in [3.8, 4) is 0 Å². The zero-order valence-corrected chi connectivity index (χ0v) is 9.14. The summed E-state index contributed by atoms with van der Waals surface area (Å²) in [5.41, 5.74) is -0.205. The van der Waals surface area contributed by atoms with Crippen LogP contribution < -0.4 is 0 Å². The van der Waals surface area contributed by atoms with Gasteiger partial charge in [0.05, 0.1) is 15.9 Å². The Balaban J connectivity index is 2.95. The average molecular weight is 252 g/mol. The number of fused-ring (bicyclic) bond motifs is 1. The molecule has 2 aromatic rings. The molecule has 0 atom stereocenters. The summed E-state index contributed by atoms with van der Waals surface area (Å²) in [6.45, 7) is 0. The average Bonchev–Trinajstić information content (AvgIpc) is 2.28. The van der Waals surface area contributed by atoms with Crippen LogP contribution in [0.5, 0.6) is 0 Å². The molecule has 0 radical (unpaired) electrons. The Hall–Kier alpha value is -2.14. The molecule has 0 saturated carbocycles. The fraction of sp³-hybridized carbons (Fsp3) is 0. The summed E-state index contributed by atoms with van der Waals surface area (Å²) >= 11 is 5.90. The van der Waals surface area contributed by atoms with Crippen molar-refractivity contribution in [3.63, 3.8) is 0 Å². The van der Waals surface area contributed by atoms with Crippen molar-refractivity contribution in [3.05, 3.63) is 51.0 Å². The molecule has 0 aromatic heterocycles. The summed E-state index contributed by atoms with van der Waals surface area (Å²) < 4.78 is 0. The first-order chi connectivity index (χ1) is 8.02. The Kier molecular flexibility index (Phi) is 2.69. The van der Waals surface area contributed by atoms with E-state index in [1.165, 1.54) is 30.3 Å². The number of non-ortho nitro benzene ring substituents is 1. The van der Waals surface area contributed by atoms with Gasteiger partial charge < -0.3 is 5.11 Å². The number of hydrogen-bond acceptors (Lipinski definition) is 3. The lowest BCUT2D eigenvalue weighted by Crippen LogP contribution is -1.99. The van der Waals surface area contributed by atoms with Crippen LogP contribution in [0.4, 0.5) is 5.69 Å². The molecule has 0 amide bonds. The zero-order valence-electron chi connectivity index (χ0n) is 8.38. The molecule has 0 saturated heterocycles. The third-order valence-corrected chi connectivity index (χ3v) is 2.71. The second kappa shape index (κ2) is 4.03.